The van der Waals surface area contributed by atoms with E-state index in [1.54, 1.807) is 5.48 Å². The van der Waals surface area contributed by atoms with Crippen LogP contribution in [0.3, 0.4) is 0 Å². The van der Waals surface area contributed by atoms with Crippen molar-refractivity contribution in [2.45, 2.75) is 0 Å². The van der Waals surface area contributed by atoms with E-state index in [1.165, 1.54) is 12.3 Å². The molecule has 0 radical (unpaired) electrons. The Hall–Kier alpha value is -1.14. The van der Waals surface area contributed by atoms with Crippen LogP contribution in [0.5, 0.6) is 0 Å². The summed E-state index contributed by atoms with van der Waals surface area (Å²) in [6.07, 6.45) is 1.29. The Morgan fingerprint density at radius 1 is 1.67 bits per heavy atom. The van der Waals surface area contributed by atoms with Gasteiger partial charge in [0.2, 0.25) is 0 Å². The summed E-state index contributed by atoms with van der Waals surface area (Å²) in [6.45, 7) is 0. The Morgan fingerprint density at radius 3 is 2.83 bits per heavy atom. The van der Waals surface area contributed by atoms with E-state index in [0.29, 0.717) is 4.47 Å². The molecule has 0 aliphatic rings. The maximum Gasteiger partial charge on any atom is 0.337 e. The summed E-state index contributed by atoms with van der Waals surface area (Å²) in [5.74, 6) is -0.989. The van der Waals surface area contributed by atoms with Crippen LogP contribution in [-0.4, -0.2) is 21.3 Å². The first kappa shape index (κ1) is 8.95. The number of hydrogen-bond donors (Lipinski definition) is 3. The van der Waals surface area contributed by atoms with Crippen molar-refractivity contribution in [2.24, 2.45) is 0 Å². The van der Waals surface area contributed by atoms with E-state index >= 15 is 0 Å². The molecular formula is C6H5BrN2O3. The lowest BCUT2D eigenvalue weighted by Crippen LogP contribution is -2.01. The maximum absolute atomic E-state index is 10.5. The second kappa shape index (κ2) is 3.51. The molecule has 6 heteroatoms. The van der Waals surface area contributed by atoms with Crippen LogP contribution in [0.2, 0.25) is 0 Å². The van der Waals surface area contributed by atoms with Gasteiger partial charge in [-0.05, 0) is 22.0 Å². The number of rotatable bonds is 2. The molecule has 0 unspecified atom stereocenters. The number of pyridine rings is 1. The predicted octanol–water partition coefficient (Wildman–Crippen LogP) is 1.34. The molecule has 0 saturated carbocycles. The molecule has 5 nitrogen and oxygen atoms in total. The van der Waals surface area contributed by atoms with Crippen molar-refractivity contribution < 1.29 is 15.1 Å². The zero-order valence-corrected chi connectivity index (χ0v) is 7.37. The molecule has 12 heavy (non-hydrogen) atoms. The summed E-state index contributed by atoms with van der Waals surface area (Å²) in [6, 6.07) is 1.21. The molecule has 1 heterocycles. The van der Waals surface area contributed by atoms with Gasteiger partial charge in [0.25, 0.3) is 0 Å². The number of anilines is 1. The molecule has 0 atom stereocenters. The van der Waals surface area contributed by atoms with Crippen molar-refractivity contribution in [2.75, 3.05) is 5.48 Å². The average molecular weight is 233 g/mol. The first-order chi connectivity index (χ1) is 5.65. The number of aromatic carboxylic acids is 1. The van der Waals surface area contributed by atoms with Gasteiger partial charge >= 0.3 is 5.97 Å². The van der Waals surface area contributed by atoms with Crippen molar-refractivity contribution in [3.8, 4) is 0 Å². The molecule has 0 bridgehead atoms. The van der Waals surface area contributed by atoms with Gasteiger partial charge in [0.15, 0.2) is 0 Å². The minimum Gasteiger partial charge on any atom is -0.478 e. The highest BCUT2D eigenvalue weighted by molar-refractivity contribution is 9.10. The van der Waals surface area contributed by atoms with Gasteiger partial charge in [-0.1, -0.05) is 0 Å². The van der Waals surface area contributed by atoms with Gasteiger partial charge in [0.05, 0.1) is 10.0 Å². The fourth-order valence-electron chi connectivity index (χ4n) is 0.664. The maximum atomic E-state index is 10.5. The van der Waals surface area contributed by atoms with Gasteiger partial charge < -0.3 is 5.11 Å². The molecule has 64 valence electrons. The van der Waals surface area contributed by atoms with E-state index in [4.69, 9.17) is 10.3 Å². The van der Waals surface area contributed by atoms with E-state index in [2.05, 4.69) is 20.9 Å². The number of halogens is 1. The Morgan fingerprint density at radius 2 is 2.33 bits per heavy atom. The molecule has 0 saturated heterocycles. The van der Waals surface area contributed by atoms with Gasteiger partial charge in [-0.15, -0.1) is 0 Å². The predicted molar refractivity (Wildman–Crippen MR) is 44.3 cm³/mol. The van der Waals surface area contributed by atoms with E-state index in [9.17, 15) is 4.79 Å². The van der Waals surface area contributed by atoms with Gasteiger partial charge in [-0.25, -0.2) is 9.78 Å². The molecule has 0 spiro atoms. The summed E-state index contributed by atoms with van der Waals surface area (Å²) in [4.78, 5) is 14.2. The lowest BCUT2D eigenvalue weighted by molar-refractivity contribution is 0.0696. The first-order valence-corrected chi connectivity index (χ1v) is 3.73. The second-order valence-electron chi connectivity index (χ2n) is 1.97. The van der Waals surface area contributed by atoms with Crippen molar-refractivity contribution >= 4 is 27.7 Å². The third kappa shape index (κ3) is 1.72. The van der Waals surface area contributed by atoms with Crippen LogP contribution in [-0.2, 0) is 0 Å². The molecule has 0 aliphatic carbocycles. The fourth-order valence-corrected chi connectivity index (χ4v) is 1.05. The van der Waals surface area contributed by atoms with Crippen molar-refractivity contribution in [3.63, 3.8) is 0 Å². The Bertz CT molecular complexity index is 316. The van der Waals surface area contributed by atoms with Crippen LogP contribution in [0.4, 0.5) is 5.82 Å². The number of carboxylic acids is 1. The monoisotopic (exact) mass is 232 g/mol. The first-order valence-electron chi connectivity index (χ1n) is 2.94. The van der Waals surface area contributed by atoms with E-state index in [-0.39, 0.29) is 11.4 Å². The van der Waals surface area contributed by atoms with Gasteiger partial charge in [-0.3, -0.25) is 10.7 Å². The number of hydrogen-bond acceptors (Lipinski definition) is 4. The fraction of sp³-hybridized carbons (Fsp3) is 0. The Balaban J connectivity index is 3.17. The van der Waals surface area contributed by atoms with Crippen molar-refractivity contribution in [1.29, 1.82) is 0 Å². The SMILES string of the molecule is O=C(O)c1cc(NO)ncc1Br. The molecule has 1 aromatic heterocycles. The highest BCUT2D eigenvalue weighted by Gasteiger charge is 2.09. The Kier molecular flexibility index (Phi) is 2.61. The average Bonchev–Trinajstić information content (AvgIpc) is 2.05. The second-order valence-corrected chi connectivity index (χ2v) is 2.82. The highest BCUT2D eigenvalue weighted by Crippen LogP contribution is 2.17. The summed E-state index contributed by atoms with van der Waals surface area (Å²) >= 11 is 3.01. The van der Waals surface area contributed by atoms with E-state index in [0.717, 1.165) is 0 Å². The zero-order chi connectivity index (χ0) is 9.14. The van der Waals surface area contributed by atoms with Gasteiger partial charge in [-0.2, -0.15) is 0 Å². The lowest BCUT2D eigenvalue weighted by atomic mass is 10.3. The molecule has 0 aromatic carbocycles. The van der Waals surface area contributed by atoms with Crippen molar-refractivity contribution in [1.82, 2.24) is 4.98 Å². The van der Waals surface area contributed by atoms with Gasteiger partial charge in [0.1, 0.15) is 5.82 Å². The smallest absolute Gasteiger partial charge is 0.337 e. The number of nitrogens with zero attached hydrogens (tertiary/aromatic N) is 1. The lowest BCUT2D eigenvalue weighted by Gasteiger charge is -2.00. The molecule has 0 amide bonds. The number of carboxylic acid groups (broad SMARTS) is 1. The minimum atomic E-state index is -1.08. The molecular weight excluding hydrogens is 228 g/mol. The van der Waals surface area contributed by atoms with Gasteiger partial charge in [0, 0.05) is 6.20 Å². The minimum absolute atomic E-state index is 0.0431. The zero-order valence-electron chi connectivity index (χ0n) is 5.78. The number of carbonyl (C=O) groups is 1. The molecule has 1 rings (SSSR count). The third-order valence-corrected chi connectivity index (χ3v) is 1.83. The van der Waals surface area contributed by atoms with Crippen molar-refractivity contribution in [3.05, 3.63) is 22.3 Å². The summed E-state index contributed by atoms with van der Waals surface area (Å²) in [7, 11) is 0. The van der Waals surface area contributed by atoms with Crippen LogP contribution in [0.25, 0.3) is 0 Å². The quantitative estimate of drug-likeness (QED) is 0.671. The summed E-state index contributed by atoms with van der Waals surface area (Å²) < 4.78 is 0.369. The summed E-state index contributed by atoms with van der Waals surface area (Å²) in [5.41, 5.74) is 1.80. The Labute approximate surface area is 76.1 Å². The van der Waals surface area contributed by atoms with Crippen LogP contribution in [0.1, 0.15) is 10.4 Å². The van der Waals surface area contributed by atoms with E-state index < -0.39 is 5.97 Å². The highest BCUT2D eigenvalue weighted by atomic mass is 79.9. The van der Waals surface area contributed by atoms with Crippen LogP contribution in [0, 0.1) is 0 Å². The molecule has 0 aliphatic heterocycles. The number of nitrogens with one attached hydrogen (secondary N) is 1. The van der Waals surface area contributed by atoms with Crippen LogP contribution in [0.15, 0.2) is 16.7 Å². The largest absolute Gasteiger partial charge is 0.478 e. The third-order valence-electron chi connectivity index (χ3n) is 1.20. The molecule has 1 aromatic rings. The molecule has 3 N–H and O–H groups in total. The van der Waals surface area contributed by atoms with E-state index in [1.807, 2.05) is 0 Å². The topological polar surface area (TPSA) is 82.5 Å². The normalized spacial score (nSPS) is 9.50. The standard InChI is InChI=1S/C6H5BrN2O3/c7-4-2-8-5(9-12)1-3(4)6(10)11/h1-2,12H,(H,8,9)(H,10,11). The molecule has 0 fully saturated rings. The van der Waals surface area contributed by atoms with Crippen LogP contribution < -0.4 is 5.48 Å². The van der Waals surface area contributed by atoms with Crippen LogP contribution >= 0.6 is 15.9 Å². The number of aromatic nitrogens is 1. The summed E-state index contributed by atoms with van der Waals surface area (Å²) in [5, 5.41) is 17.0.